The third-order valence-electron chi connectivity index (χ3n) is 2.56. The van der Waals surface area contributed by atoms with E-state index in [1.54, 1.807) is 0 Å². The van der Waals surface area contributed by atoms with Crippen LogP contribution in [0.1, 0.15) is 23.6 Å². The van der Waals surface area contributed by atoms with Gasteiger partial charge in [0.25, 0.3) is 0 Å². The zero-order valence-corrected chi connectivity index (χ0v) is 12.3. The van der Waals surface area contributed by atoms with E-state index in [1.165, 1.54) is 6.26 Å². The van der Waals surface area contributed by atoms with Crippen LogP contribution in [-0.4, -0.2) is 20.4 Å². The van der Waals surface area contributed by atoms with Crippen LogP contribution in [0.5, 0.6) is 0 Å². The molecule has 0 heterocycles. The molecule has 0 bridgehead atoms. The Morgan fingerprint density at radius 3 is 2.59 bits per heavy atom. The van der Waals surface area contributed by atoms with Gasteiger partial charge in [-0.2, -0.15) is 0 Å². The van der Waals surface area contributed by atoms with Gasteiger partial charge in [0.15, 0.2) is 0 Å². The van der Waals surface area contributed by atoms with Gasteiger partial charge in [-0.1, -0.05) is 28.1 Å². The van der Waals surface area contributed by atoms with Gasteiger partial charge in [0, 0.05) is 16.8 Å². The standard InChI is InChI=1S/C11H17BrN2O2S/c1-8-7-9(3-4-10(8)12)11(14-13)5-6-17(2,15)16/h3-4,7,11,14H,5-6,13H2,1-2H3. The second-order valence-electron chi connectivity index (χ2n) is 4.15. The van der Waals surface area contributed by atoms with Gasteiger partial charge in [-0.05, 0) is 30.5 Å². The maximum Gasteiger partial charge on any atom is 0.147 e. The van der Waals surface area contributed by atoms with Crippen molar-refractivity contribution in [2.45, 2.75) is 19.4 Å². The summed E-state index contributed by atoms with van der Waals surface area (Å²) in [5.41, 5.74) is 4.75. The quantitative estimate of drug-likeness (QED) is 0.639. The molecule has 0 fully saturated rings. The molecular formula is C11H17BrN2O2S. The molecule has 1 unspecified atom stereocenters. The minimum atomic E-state index is -2.96. The van der Waals surface area contributed by atoms with E-state index in [2.05, 4.69) is 21.4 Å². The van der Waals surface area contributed by atoms with Gasteiger partial charge in [0.1, 0.15) is 9.84 Å². The van der Waals surface area contributed by atoms with Crippen molar-refractivity contribution in [3.8, 4) is 0 Å². The fourth-order valence-electron chi connectivity index (χ4n) is 1.56. The van der Waals surface area contributed by atoms with Crippen molar-refractivity contribution in [2.75, 3.05) is 12.0 Å². The summed E-state index contributed by atoms with van der Waals surface area (Å²) in [6.45, 7) is 1.98. The van der Waals surface area contributed by atoms with Crippen molar-refractivity contribution < 1.29 is 8.42 Å². The lowest BCUT2D eigenvalue weighted by Crippen LogP contribution is -2.29. The van der Waals surface area contributed by atoms with Crippen molar-refractivity contribution in [1.29, 1.82) is 0 Å². The molecule has 1 aromatic rings. The molecule has 0 aliphatic carbocycles. The third-order valence-corrected chi connectivity index (χ3v) is 4.43. The van der Waals surface area contributed by atoms with Crippen LogP contribution in [0.15, 0.2) is 22.7 Å². The molecule has 0 aliphatic heterocycles. The van der Waals surface area contributed by atoms with Crippen LogP contribution >= 0.6 is 15.9 Å². The fraction of sp³-hybridized carbons (Fsp3) is 0.455. The van der Waals surface area contributed by atoms with Crippen LogP contribution in [0.3, 0.4) is 0 Å². The summed E-state index contributed by atoms with van der Waals surface area (Å²) in [4.78, 5) is 0. The van der Waals surface area contributed by atoms with Gasteiger partial charge in [0.05, 0.1) is 5.75 Å². The molecule has 0 aromatic heterocycles. The Hall–Kier alpha value is -0.430. The molecule has 6 heteroatoms. The largest absolute Gasteiger partial charge is 0.271 e. The molecule has 17 heavy (non-hydrogen) atoms. The Bertz CT molecular complexity index is 488. The number of hydrazine groups is 1. The van der Waals surface area contributed by atoms with E-state index in [-0.39, 0.29) is 11.8 Å². The van der Waals surface area contributed by atoms with Crippen molar-refractivity contribution >= 4 is 25.8 Å². The molecule has 3 N–H and O–H groups in total. The zero-order chi connectivity index (χ0) is 13.1. The lowest BCUT2D eigenvalue weighted by Gasteiger charge is -2.16. The Kier molecular flexibility index (Phi) is 5.12. The first-order valence-electron chi connectivity index (χ1n) is 5.23. The molecule has 0 saturated heterocycles. The van der Waals surface area contributed by atoms with Crippen LogP contribution < -0.4 is 11.3 Å². The van der Waals surface area contributed by atoms with E-state index >= 15 is 0 Å². The zero-order valence-electron chi connectivity index (χ0n) is 9.90. The normalized spacial score (nSPS) is 13.6. The fourth-order valence-corrected chi connectivity index (χ4v) is 2.47. The summed E-state index contributed by atoms with van der Waals surface area (Å²) >= 11 is 3.42. The first kappa shape index (κ1) is 14.6. The van der Waals surface area contributed by atoms with Gasteiger partial charge in [-0.25, -0.2) is 8.42 Å². The average Bonchev–Trinajstić information content (AvgIpc) is 2.22. The number of rotatable bonds is 5. The third kappa shape index (κ3) is 4.75. The molecule has 4 nitrogen and oxygen atoms in total. The lowest BCUT2D eigenvalue weighted by atomic mass is 10.0. The first-order chi connectivity index (χ1) is 7.83. The number of hydrogen-bond acceptors (Lipinski definition) is 4. The van der Waals surface area contributed by atoms with Crippen LogP contribution in [0.4, 0.5) is 0 Å². The maximum absolute atomic E-state index is 11.1. The summed E-state index contributed by atoms with van der Waals surface area (Å²) in [5, 5.41) is 0. The van der Waals surface area contributed by atoms with Gasteiger partial charge in [-0.3, -0.25) is 11.3 Å². The predicted molar refractivity (Wildman–Crippen MR) is 73.3 cm³/mol. The Morgan fingerprint density at radius 1 is 1.47 bits per heavy atom. The van der Waals surface area contributed by atoms with Crippen LogP contribution in [0.25, 0.3) is 0 Å². The summed E-state index contributed by atoms with van der Waals surface area (Å²) < 4.78 is 23.3. The molecule has 0 spiro atoms. The molecule has 0 saturated carbocycles. The summed E-state index contributed by atoms with van der Waals surface area (Å²) in [6.07, 6.45) is 1.70. The van der Waals surface area contributed by atoms with E-state index < -0.39 is 9.84 Å². The molecule has 1 rings (SSSR count). The summed E-state index contributed by atoms with van der Waals surface area (Å²) in [7, 11) is -2.96. The molecular weight excluding hydrogens is 304 g/mol. The molecule has 0 amide bonds. The lowest BCUT2D eigenvalue weighted by molar-refractivity contribution is 0.531. The van der Waals surface area contributed by atoms with Crippen molar-refractivity contribution in [3.05, 3.63) is 33.8 Å². The highest BCUT2D eigenvalue weighted by Gasteiger charge is 2.13. The number of nitrogens with one attached hydrogen (secondary N) is 1. The number of nitrogens with two attached hydrogens (primary N) is 1. The number of sulfone groups is 1. The van der Waals surface area contributed by atoms with Crippen LogP contribution in [0, 0.1) is 6.92 Å². The second-order valence-corrected chi connectivity index (χ2v) is 7.26. The summed E-state index contributed by atoms with van der Waals surface area (Å²) in [6, 6.07) is 5.73. The van der Waals surface area contributed by atoms with E-state index in [4.69, 9.17) is 5.84 Å². The minimum Gasteiger partial charge on any atom is -0.271 e. The number of halogens is 1. The van der Waals surface area contributed by atoms with Crippen molar-refractivity contribution in [1.82, 2.24) is 5.43 Å². The number of benzene rings is 1. The highest BCUT2D eigenvalue weighted by Crippen LogP contribution is 2.23. The first-order valence-corrected chi connectivity index (χ1v) is 8.09. The number of aryl methyl sites for hydroxylation is 1. The summed E-state index contributed by atoms with van der Waals surface area (Å²) in [5.74, 6) is 5.59. The highest BCUT2D eigenvalue weighted by molar-refractivity contribution is 9.10. The molecule has 0 aliphatic rings. The second kappa shape index (κ2) is 5.95. The Labute approximate surface area is 111 Å². The van der Waals surface area contributed by atoms with Gasteiger partial charge in [0.2, 0.25) is 0 Å². The van der Waals surface area contributed by atoms with Gasteiger partial charge >= 0.3 is 0 Å². The average molecular weight is 321 g/mol. The smallest absolute Gasteiger partial charge is 0.147 e. The molecule has 0 radical (unpaired) electrons. The van der Waals surface area contributed by atoms with Gasteiger partial charge < -0.3 is 0 Å². The topological polar surface area (TPSA) is 72.2 Å². The monoisotopic (exact) mass is 320 g/mol. The Morgan fingerprint density at radius 2 is 2.12 bits per heavy atom. The SMILES string of the molecule is Cc1cc(C(CCS(C)(=O)=O)NN)ccc1Br. The van der Waals surface area contributed by atoms with Crippen LogP contribution in [-0.2, 0) is 9.84 Å². The number of hydrogen-bond donors (Lipinski definition) is 2. The highest BCUT2D eigenvalue weighted by atomic mass is 79.9. The van der Waals surface area contributed by atoms with Crippen molar-refractivity contribution in [3.63, 3.8) is 0 Å². The van der Waals surface area contributed by atoms with Crippen molar-refractivity contribution in [2.24, 2.45) is 5.84 Å². The van der Waals surface area contributed by atoms with Crippen LogP contribution in [0.2, 0.25) is 0 Å². The minimum absolute atomic E-state index is 0.122. The molecule has 96 valence electrons. The van der Waals surface area contributed by atoms with E-state index in [0.717, 1.165) is 15.6 Å². The van der Waals surface area contributed by atoms with E-state index in [9.17, 15) is 8.42 Å². The van der Waals surface area contributed by atoms with E-state index in [1.807, 2.05) is 25.1 Å². The predicted octanol–water partition coefficient (Wildman–Crippen LogP) is 1.70. The van der Waals surface area contributed by atoms with Gasteiger partial charge in [-0.15, -0.1) is 0 Å². The van der Waals surface area contributed by atoms with E-state index in [0.29, 0.717) is 6.42 Å². The molecule has 1 aromatic carbocycles. The maximum atomic E-state index is 11.1. The molecule has 1 atom stereocenters. The Balaban J connectivity index is 2.83.